The van der Waals surface area contributed by atoms with Crippen LogP contribution in [0.2, 0.25) is 0 Å². The molecule has 0 radical (unpaired) electrons. The largest absolute Gasteiger partial charge is 0.492 e. The van der Waals surface area contributed by atoms with E-state index in [1.54, 1.807) is 18.2 Å². The summed E-state index contributed by atoms with van der Waals surface area (Å²) in [5.41, 5.74) is -0.135. The van der Waals surface area contributed by atoms with Crippen LogP contribution in [0.3, 0.4) is 0 Å². The van der Waals surface area contributed by atoms with Crippen molar-refractivity contribution in [1.82, 2.24) is 0 Å². The lowest BCUT2D eigenvalue weighted by Crippen LogP contribution is -2.17. The van der Waals surface area contributed by atoms with Gasteiger partial charge in [-0.3, -0.25) is 9.11 Å². The number of sulfone groups is 1. The molecular weight excluding hydrogens is 428 g/mol. The van der Waals surface area contributed by atoms with Gasteiger partial charge in [-0.2, -0.15) is 10.6 Å². The van der Waals surface area contributed by atoms with Gasteiger partial charge in [-0.1, -0.05) is 44.4 Å². The van der Waals surface area contributed by atoms with Crippen LogP contribution in [-0.2, 0) is 9.84 Å². The number of carboxylic acid groups (broad SMARTS) is 1. The maximum absolute atomic E-state index is 13.3. The maximum Gasteiger partial charge on any atom is 0.339 e. The summed E-state index contributed by atoms with van der Waals surface area (Å²) < 4.78 is 53.6. The van der Waals surface area contributed by atoms with E-state index in [-0.39, 0.29) is 33.3 Å². The van der Waals surface area contributed by atoms with E-state index >= 15 is 0 Å². The van der Waals surface area contributed by atoms with E-state index in [2.05, 4.69) is 6.92 Å². The molecule has 1 atom stereocenters. The number of benzene rings is 2. The zero-order valence-corrected chi connectivity index (χ0v) is 18.3. The maximum atomic E-state index is 13.3. The van der Waals surface area contributed by atoms with Gasteiger partial charge in [0.05, 0.1) is 22.2 Å². The third-order valence-electron chi connectivity index (χ3n) is 5.14. The number of aromatic carboxylic acids is 1. The molecule has 3 N–H and O–H groups in total. The number of hydrogen-bond acceptors (Lipinski definition) is 6. The molecule has 0 amide bonds. The molecule has 0 saturated heterocycles. The number of ether oxygens (including phenoxy) is 1. The van der Waals surface area contributed by atoms with Gasteiger partial charge in [-0.15, -0.1) is 0 Å². The molecule has 3 rings (SSSR count). The zero-order chi connectivity index (χ0) is 21.9. The standard InChI is InChI=1S/C21H26O7S2/c1-2-3-4-8-13-28-20-16(21(22)23)11-12-17-19(20)18(14-29(17,24)25)30(26,27)15-9-6-5-7-10-15/h5-7,9-12,18,24-25H,2-4,8,13-14H2,1H3,(H,22,23). The summed E-state index contributed by atoms with van der Waals surface area (Å²) in [5.74, 6) is -1.77. The number of hydrogen-bond donors (Lipinski definition) is 3. The second kappa shape index (κ2) is 8.97. The van der Waals surface area contributed by atoms with Crippen molar-refractivity contribution in [3.05, 3.63) is 53.6 Å². The predicted molar refractivity (Wildman–Crippen MR) is 115 cm³/mol. The molecule has 1 unspecified atom stereocenters. The zero-order valence-electron chi connectivity index (χ0n) is 16.7. The lowest BCUT2D eigenvalue weighted by molar-refractivity contribution is 0.0691. The molecule has 7 nitrogen and oxygen atoms in total. The predicted octanol–water partition coefficient (Wildman–Crippen LogP) is 4.98. The van der Waals surface area contributed by atoms with E-state index in [1.807, 2.05) is 0 Å². The topological polar surface area (TPSA) is 121 Å². The fraction of sp³-hybridized carbons (Fsp3) is 0.381. The molecule has 0 fully saturated rings. The lowest BCUT2D eigenvalue weighted by atomic mass is 10.1. The second-order valence-corrected chi connectivity index (χ2v) is 11.5. The van der Waals surface area contributed by atoms with Crippen LogP contribution in [-0.4, -0.2) is 41.0 Å². The number of rotatable bonds is 9. The van der Waals surface area contributed by atoms with Crippen LogP contribution in [0.15, 0.2) is 52.3 Å². The fourth-order valence-electron chi connectivity index (χ4n) is 3.60. The summed E-state index contributed by atoms with van der Waals surface area (Å²) in [7, 11) is -7.40. The first-order valence-electron chi connectivity index (χ1n) is 9.78. The van der Waals surface area contributed by atoms with Gasteiger partial charge in [0.25, 0.3) is 0 Å². The van der Waals surface area contributed by atoms with Crippen molar-refractivity contribution in [3.63, 3.8) is 0 Å². The van der Waals surface area contributed by atoms with Crippen molar-refractivity contribution in [2.75, 3.05) is 12.4 Å². The van der Waals surface area contributed by atoms with E-state index in [1.165, 1.54) is 24.3 Å². The average molecular weight is 455 g/mol. The second-order valence-electron chi connectivity index (χ2n) is 7.25. The van der Waals surface area contributed by atoms with Crippen LogP contribution in [0.5, 0.6) is 5.75 Å². The van der Waals surface area contributed by atoms with E-state index in [0.29, 0.717) is 6.42 Å². The Bertz CT molecular complexity index is 1020. The molecule has 1 aliphatic heterocycles. The number of carbonyl (C=O) groups is 1. The number of unbranched alkanes of at least 4 members (excludes halogenated alkanes) is 3. The normalized spacial score (nSPS) is 18.6. The van der Waals surface area contributed by atoms with Crippen molar-refractivity contribution < 1.29 is 32.2 Å². The first kappa shape index (κ1) is 22.6. The molecule has 164 valence electrons. The minimum absolute atomic E-state index is 0.0349. The summed E-state index contributed by atoms with van der Waals surface area (Å²) in [4.78, 5) is 11.9. The fourth-order valence-corrected chi connectivity index (χ4v) is 8.01. The van der Waals surface area contributed by atoms with Gasteiger partial charge in [-0.25, -0.2) is 13.2 Å². The van der Waals surface area contributed by atoms with E-state index in [4.69, 9.17) is 4.74 Å². The van der Waals surface area contributed by atoms with Crippen molar-refractivity contribution in [3.8, 4) is 5.75 Å². The monoisotopic (exact) mass is 454 g/mol. The average Bonchev–Trinajstić information content (AvgIpc) is 3.00. The molecule has 1 aliphatic rings. The van der Waals surface area contributed by atoms with E-state index < -0.39 is 37.4 Å². The molecule has 0 spiro atoms. The summed E-state index contributed by atoms with van der Waals surface area (Å²) >= 11 is 0. The van der Waals surface area contributed by atoms with Gasteiger partial charge >= 0.3 is 5.97 Å². The van der Waals surface area contributed by atoms with Gasteiger partial charge in [0.1, 0.15) is 16.6 Å². The van der Waals surface area contributed by atoms with Gasteiger partial charge in [0.2, 0.25) is 0 Å². The third-order valence-corrected chi connectivity index (χ3v) is 9.29. The Morgan fingerprint density at radius 1 is 1.10 bits per heavy atom. The molecule has 1 heterocycles. The summed E-state index contributed by atoms with van der Waals surface area (Å²) in [6.07, 6.45) is 3.62. The Hall–Kier alpha value is -2.07. The molecule has 0 bridgehead atoms. The van der Waals surface area contributed by atoms with E-state index in [0.717, 1.165) is 19.3 Å². The van der Waals surface area contributed by atoms with Crippen molar-refractivity contribution in [2.45, 2.75) is 47.6 Å². The van der Waals surface area contributed by atoms with Crippen LogP contribution in [0.4, 0.5) is 0 Å². The van der Waals surface area contributed by atoms with Gasteiger partial charge < -0.3 is 9.84 Å². The van der Waals surface area contributed by atoms with Crippen LogP contribution < -0.4 is 4.74 Å². The minimum Gasteiger partial charge on any atom is -0.492 e. The molecular formula is C21H26O7S2. The number of fused-ring (bicyclic) bond motifs is 1. The smallest absolute Gasteiger partial charge is 0.339 e. The van der Waals surface area contributed by atoms with Gasteiger partial charge in [0, 0.05) is 5.56 Å². The van der Waals surface area contributed by atoms with Crippen molar-refractivity contribution in [1.29, 1.82) is 0 Å². The Morgan fingerprint density at radius 2 is 1.80 bits per heavy atom. The summed E-state index contributed by atoms with van der Waals surface area (Å²) in [5, 5.41) is 8.33. The first-order valence-corrected chi connectivity index (χ1v) is 13.0. The number of carboxylic acids is 1. The summed E-state index contributed by atoms with van der Waals surface area (Å²) in [6, 6.07) is 10.3. The summed E-state index contributed by atoms with van der Waals surface area (Å²) in [6.45, 7) is 2.28. The Balaban J connectivity index is 2.10. The molecule has 0 aliphatic carbocycles. The molecule has 2 aromatic carbocycles. The van der Waals surface area contributed by atoms with Crippen molar-refractivity contribution >= 4 is 26.4 Å². The molecule has 9 heteroatoms. The minimum atomic E-state index is -4.00. The lowest BCUT2D eigenvalue weighted by Gasteiger charge is -2.27. The quantitative estimate of drug-likeness (QED) is 0.457. The Morgan fingerprint density at radius 3 is 2.43 bits per heavy atom. The highest BCUT2D eigenvalue weighted by molar-refractivity contribution is 8.25. The molecule has 0 saturated carbocycles. The Kier molecular flexibility index (Phi) is 6.76. The van der Waals surface area contributed by atoms with Crippen LogP contribution in [0, 0.1) is 0 Å². The van der Waals surface area contributed by atoms with Gasteiger partial charge in [0.15, 0.2) is 9.84 Å². The highest BCUT2D eigenvalue weighted by Crippen LogP contribution is 2.63. The Labute approximate surface area is 178 Å². The first-order chi connectivity index (χ1) is 14.2. The highest BCUT2D eigenvalue weighted by Gasteiger charge is 2.46. The van der Waals surface area contributed by atoms with Crippen LogP contribution in [0.1, 0.15) is 53.8 Å². The highest BCUT2D eigenvalue weighted by atomic mass is 32.3. The SMILES string of the molecule is CCCCCCOc1c(C(=O)O)ccc2c1C(S(=O)(=O)c1ccccc1)CS2(O)O. The van der Waals surface area contributed by atoms with Crippen LogP contribution >= 0.6 is 10.6 Å². The molecule has 2 aromatic rings. The van der Waals surface area contributed by atoms with Gasteiger partial charge in [-0.05, 0) is 30.7 Å². The van der Waals surface area contributed by atoms with Crippen LogP contribution in [0.25, 0.3) is 0 Å². The van der Waals surface area contributed by atoms with Crippen molar-refractivity contribution in [2.24, 2.45) is 0 Å². The molecule has 0 aromatic heterocycles. The third kappa shape index (κ3) is 4.34. The van der Waals surface area contributed by atoms with E-state index in [9.17, 15) is 27.4 Å². The molecule has 30 heavy (non-hydrogen) atoms.